The van der Waals surface area contributed by atoms with Gasteiger partial charge in [-0.05, 0) is 39.0 Å². The van der Waals surface area contributed by atoms with Gasteiger partial charge in [0.1, 0.15) is 5.54 Å². The van der Waals surface area contributed by atoms with E-state index in [0.29, 0.717) is 5.69 Å². The lowest BCUT2D eigenvalue weighted by Gasteiger charge is -2.46. The van der Waals surface area contributed by atoms with Gasteiger partial charge in [0.15, 0.2) is 5.54 Å². The fourth-order valence-electron chi connectivity index (χ4n) is 3.84. The zero-order chi connectivity index (χ0) is 20.5. The molecule has 0 bridgehead atoms. The molecule has 0 aliphatic carbocycles. The molecule has 0 aromatic heterocycles. The third-order valence-corrected chi connectivity index (χ3v) is 5.24. The van der Waals surface area contributed by atoms with Crippen LogP contribution < -0.4 is 10.6 Å². The zero-order valence-corrected chi connectivity index (χ0v) is 16.9. The number of nitrogens with one attached hydrogen (secondary N) is 2. The first-order valence-corrected chi connectivity index (χ1v) is 9.15. The summed E-state index contributed by atoms with van der Waals surface area (Å²) in [6.45, 7) is 5.69. The van der Waals surface area contributed by atoms with Crippen LogP contribution in [0.1, 0.15) is 30.0 Å². The first-order chi connectivity index (χ1) is 13.2. The van der Waals surface area contributed by atoms with Crippen LogP contribution in [0.4, 0.5) is 11.4 Å². The number of rotatable bonds is 4. The molecule has 2 aromatic rings. The van der Waals surface area contributed by atoms with E-state index in [9.17, 15) is 9.59 Å². The Balaban J connectivity index is 2.22. The monoisotopic (exact) mass is 382 g/mol. The molecule has 1 heterocycles. The third-order valence-electron chi connectivity index (χ3n) is 5.24. The van der Waals surface area contributed by atoms with Crippen molar-refractivity contribution in [1.82, 2.24) is 0 Å². The maximum absolute atomic E-state index is 13.2. The van der Waals surface area contributed by atoms with Crippen LogP contribution >= 0.6 is 0 Å². The number of hydrogen-bond acceptors (Lipinski definition) is 6. The standard InChI is InChI=1S/C22H26N2O4/c1-14-6-9-16(10-7-14)23-22(20(26)28-5)13-21(3,19(25)27-4)24-18-11-8-15(2)12-17(18)22/h6-12,23-24H,13H2,1-5H3. The smallest absolute Gasteiger partial charge is 0.336 e. The zero-order valence-electron chi connectivity index (χ0n) is 16.9. The van der Waals surface area contributed by atoms with Crippen molar-refractivity contribution in [3.63, 3.8) is 0 Å². The quantitative estimate of drug-likeness (QED) is 0.788. The highest BCUT2D eigenvalue weighted by Crippen LogP contribution is 2.45. The molecule has 2 N–H and O–H groups in total. The highest BCUT2D eigenvalue weighted by atomic mass is 16.5. The Kier molecular flexibility index (Phi) is 5.06. The number of benzene rings is 2. The number of ether oxygens (including phenoxy) is 2. The van der Waals surface area contributed by atoms with Gasteiger partial charge in [-0.3, -0.25) is 0 Å². The summed E-state index contributed by atoms with van der Waals surface area (Å²) >= 11 is 0. The predicted octanol–water partition coefficient (Wildman–Crippen LogP) is 3.53. The molecule has 0 amide bonds. The Morgan fingerprint density at radius 3 is 2.18 bits per heavy atom. The molecule has 2 unspecified atom stereocenters. The van der Waals surface area contributed by atoms with Crippen LogP contribution in [0.5, 0.6) is 0 Å². The molecule has 0 spiro atoms. The summed E-state index contributed by atoms with van der Waals surface area (Å²) in [6.07, 6.45) is 0.129. The summed E-state index contributed by atoms with van der Waals surface area (Å²) in [7, 11) is 2.70. The second kappa shape index (κ2) is 7.19. The second-order valence-electron chi connectivity index (χ2n) is 7.56. The first-order valence-electron chi connectivity index (χ1n) is 9.15. The molecule has 0 saturated carbocycles. The van der Waals surface area contributed by atoms with Crippen molar-refractivity contribution in [2.75, 3.05) is 24.9 Å². The van der Waals surface area contributed by atoms with Gasteiger partial charge in [0.05, 0.1) is 14.2 Å². The van der Waals surface area contributed by atoms with Crippen molar-refractivity contribution in [3.05, 3.63) is 59.2 Å². The Labute approximate surface area is 165 Å². The number of anilines is 2. The van der Waals surface area contributed by atoms with E-state index in [1.165, 1.54) is 14.2 Å². The Morgan fingerprint density at radius 1 is 0.964 bits per heavy atom. The number of aryl methyl sites for hydroxylation is 2. The van der Waals surface area contributed by atoms with Crippen LogP contribution in [-0.2, 0) is 24.6 Å². The van der Waals surface area contributed by atoms with Crippen LogP contribution in [0.25, 0.3) is 0 Å². The average molecular weight is 382 g/mol. The normalized spacial score (nSPS) is 23.2. The minimum Gasteiger partial charge on any atom is -0.467 e. The summed E-state index contributed by atoms with van der Waals surface area (Å²) in [4.78, 5) is 25.8. The molecule has 1 aliphatic rings. The number of fused-ring (bicyclic) bond motifs is 1. The first kappa shape index (κ1) is 19.7. The topological polar surface area (TPSA) is 76.7 Å². The van der Waals surface area contributed by atoms with E-state index in [-0.39, 0.29) is 6.42 Å². The number of esters is 2. The van der Waals surface area contributed by atoms with Gasteiger partial charge in [-0.25, -0.2) is 9.59 Å². The van der Waals surface area contributed by atoms with E-state index < -0.39 is 23.0 Å². The van der Waals surface area contributed by atoms with Gasteiger partial charge in [0, 0.05) is 23.4 Å². The molecular weight excluding hydrogens is 356 g/mol. The molecule has 6 heteroatoms. The van der Waals surface area contributed by atoms with E-state index in [1.807, 2.05) is 56.3 Å². The lowest BCUT2D eigenvalue weighted by Crippen LogP contribution is -2.59. The molecule has 6 nitrogen and oxygen atoms in total. The summed E-state index contributed by atoms with van der Waals surface area (Å²) < 4.78 is 10.2. The van der Waals surface area contributed by atoms with Crippen LogP contribution in [0.3, 0.4) is 0 Å². The van der Waals surface area contributed by atoms with Crippen LogP contribution in [0, 0.1) is 13.8 Å². The molecule has 0 saturated heterocycles. The third kappa shape index (κ3) is 3.30. The Hall–Kier alpha value is -3.02. The lowest BCUT2D eigenvalue weighted by atomic mass is 9.73. The van der Waals surface area contributed by atoms with Crippen molar-refractivity contribution in [2.45, 2.75) is 38.3 Å². The summed E-state index contributed by atoms with van der Waals surface area (Å²) in [5, 5.41) is 6.63. The van der Waals surface area contributed by atoms with Crippen molar-refractivity contribution < 1.29 is 19.1 Å². The fourth-order valence-corrected chi connectivity index (χ4v) is 3.84. The number of carbonyl (C=O) groups is 2. The van der Waals surface area contributed by atoms with Crippen molar-refractivity contribution >= 4 is 23.3 Å². The van der Waals surface area contributed by atoms with Crippen LogP contribution in [0.2, 0.25) is 0 Å². The lowest BCUT2D eigenvalue weighted by molar-refractivity contribution is -0.151. The van der Waals surface area contributed by atoms with Gasteiger partial charge in [-0.2, -0.15) is 0 Å². The maximum atomic E-state index is 13.2. The van der Waals surface area contributed by atoms with E-state index >= 15 is 0 Å². The minimum atomic E-state index is -1.25. The predicted molar refractivity (Wildman–Crippen MR) is 108 cm³/mol. The van der Waals surface area contributed by atoms with Crippen molar-refractivity contribution in [1.29, 1.82) is 0 Å². The van der Waals surface area contributed by atoms with E-state index in [2.05, 4.69) is 10.6 Å². The number of methoxy groups -OCH3 is 2. The Morgan fingerprint density at radius 2 is 1.57 bits per heavy atom. The summed E-state index contributed by atoms with van der Waals surface area (Å²) in [5.41, 5.74) is 1.94. The number of hydrogen-bond donors (Lipinski definition) is 2. The molecule has 2 atom stereocenters. The highest BCUT2D eigenvalue weighted by Gasteiger charge is 2.55. The van der Waals surface area contributed by atoms with Gasteiger partial charge in [0.2, 0.25) is 0 Å². The SMILES string of the molecule is COC(=O)C1(C)CC(Nc2ccc(C)cc2)(C(=O)OC)c2cc(C)ccc2N1. The molecule has 148 valence electrons. The van der Waals surface area contributed by atoms with E-state index in [0.717, 1.165) is 22.4 Å². The average Bonchev–Trinajstić information content (AvgIpc) is 2.68. The fraction of sp³-hybridized carbons (Fsp3) is 0.364. The van der Waals surface area contributed by atoms with Gasteiger partial charge < -0.3 is 20.1 Å². The molecule has 3 rings (SSSR count). The molecule has 1 aliphatic heterocycles. The molecule has 28 heavy (non-hydrogen) atoms. The van der Waals surface area contributed by atoms with Gasteiger partial charge in [-0.1, -0.05) is 35.4 Å². The number of carbonyl (C=O) groups excluding carboxylic acids is 2. The Bertz CT molecular complexity index is 909. The maximum Gasteiger partial charge on any atom is 0.336 e. The second-order valence-corrected chi connectivity index (χ2v) is 7.56. The van der Waals surface area contributed by atoms with Crippen molar-refractivity contribution in [3.8, 4) is 0 Å². The molecular formula is C22H26N2O4. The van der Waals surface area contributed by atoms with Crippen molar-refractivity contribution in [2.24, 2.45) is 0 Å². The molecule has 2 aromatic carbocycles. The van der Waals surface area contributed by atoms with E-state index in [4.69, 9.17) is 9.47 Å². The summed E-state index contributed by atoms with van der Waals surface area (Å²) in [5.74, 6) is -0.908. The van der Waals surface area contributed by atoms with Gasteiger partial charge in [-0.15, -0.1) is 0 Å². The highest BCUT2D eigenvalue weighted by molar-refractivity contribution is 5.94. The summed E-state index contributed by atoms with van der Waals surface area (Å²) in [6, 6.07) is 13.5. The minimum absolute atomic E-state index is 0.129. The molecule has 0 fully saturated rings. The van der Waals surface area contributed by atoms with Gasteiger partial charge >= 0.3 is 11.9 Å². The van der Waals surface area contributed by atoms with Crippen LogP contribution in [-0.4, -0.2) is 31.7 Å². The largest absolute Gasteiger partial charge is 0.467 e. The molecule has 0 radical (unpaired) electrons. The van der Waals surface area contributed by atoms with Gasteiger partial charge in [0.25, 0.3) is 0 Å². The van der Waals surface area contributed by atoms with Crippen LogP contribution in [0.15, 0.2) is 42.5 Å². The van der Waals surface area contributed by atoms with E-state index in [1.54, 1.807) is 6.92 Å².